The molecule has 104 valence electrons. The molecule has 0 spiro atoms. The van der Waals surface area contributed by atoms with Crippen LogP contribution in [0.1, 0.15) is 39.0 Å². The van der Waals surface area contributed by atoms with Crippen LogP contribution in [0.5, 0.6) is 0 Å². The largest absolute Gasteiger partial charge is 0.339 e. The lowest BCUT2D eigenvalue weighted by Crippen LogP contribution is -2.55. The zero-order valence-electron chi connectivity index (χ0n) is 11.6. The molecule has 1 saturated carbocycles. The minimum Gasteiger partial charge on any atom is -0.339 e. The van der Waals surface area contributed by atoms with E-state index in [1.165, 1.54) is 25.7 Å². The zero-order valence-corrected chi connectivity index (χ0v) is 11.6. The smallest absolute Gasteiger partial charge is 0.208 e. The Kier molecular flexibility index (Phi) is 5.26. The number of aliphatic imine (C=N–C) groups is 1. The van der Waals surface area contributed by atoms with Crippen molar-refractivity contribution in [3.63, 3.8) is 0 Å². The van der Waals surface area contributed by atoms with Gasteiger partial charge >= 0.3 is 0 Å². The molecule has 0 aromatic heterocycles. The van der Waals surface area contributed by atoms with Gasteiger partial charge in [0.2, 0.25) is 5.96 Å². The summed E-state index contributed by atoms with van der Waals surface area (Å²) in [5.74, 6) is 6.43. The molecular weight excluding hydrogens is 226 g/mol. The van der Waals surface area contributed by atoms with Gasteiger partial charge in [-0.1, -0.05) is 19.8 Å². The molecule has 5 nitrogen and oxygen atoms in total. The van der Waals surface area contributed by atoms with Crippen LogP contribution in [-0.2, 0) is 0 Å². The first kappa shape index (κ1) is 13.6. The second-order valence-electron chi connectivity index (χ2n) is 5.31. The number of hydrazine groups is 1. The molecule has 0 aromatic rings. The Labute approximate surface area is 110 Å². The summed E-state index contributed by atoms with van der Waals surface area (Å²) in [7, 11) is 0. The molecule has 2 rings (SSSR count). The third-order valence-corrected chi connectivity index (χ3v) is 4.07. The lowest BCUT2D eigenvalue weighted by Gasteiger charge is -2.39. The molecule has 2 aliphatic rings. The minimum atomic E-state index is 0.842. The normalized spacial score (nSPS) is 23.7. The third kappa shape index (κ3) is 3.36. The second-order valence-corrected chi connectivity index (χ2v) is 5.31. The van der Waals surface area contributed by atoms with Crippen molar-refractivity contribution < 1.29 is 0 Å². The van der Waals surface area contributed by atoms with Gasteiger partial charge in [0, 0.05) is 38.8 Å². The van der Waals surface area contributed by atoms with Gasteiger partial charge in [0.1, 0.15) is 0 Å². The number of rotatable bonds is 3. The molecule has 0 amide bonds. The van der Waals surface area contributed by atoms with E-state index in [2.05, 4.69) is 27.1 Å². The van der Waals surface area contributed by atoms with Crippen molar-refractivity contribution in [3.05, 3.63) is 0 Å². The van der Waals surface area contributed by atoms with E-state index in [1.807, 2.05) is 0 Å². The standard InChI is InChI=1S/C13H27N5/c1-2-7-15-13(16-14)18-10-8-17(9-11-18)12-5-3-4-6-12/h12H,2-11,14H2,1H3,(H,15,16). The lowest BCUT2D eigenvalue weighted by atomic mass is 10.2. The highest BCUT2D eigenvalue weighted by Crippen LogP contribution is 2.24. The molecule has 0 atom stereocenters. The first-order valence-corrected chi connectivity index (χ1v) is 7.35. The van der Waals surface area contributed by atoms with Crippen molar-refractivity contribution in [2.75, 3.05) is 32.7 Å². The van der Waals surface area contributed by atoms with E-state index in [-0.39, 0.29) is 0 Å². The van der Waals surface area contributed by atoms with Gasteiger partial charge in [0.05, 0.1) is 0 Å². The Bertz CT molecular complexity index is 265. The van der Waals surface area contributed by atoms with Crippen LogP contribution >= 0.6 is 0 Å². The predicted molar refractivity (Wildman–Crippen MR) is 75.3 cm³/mol. The van der Waals surface area contributed by atoms with Crippen LogP contribution in [0, 0.1) is 0 Å². The Morgan fingerprint density at radius 3 is 2.44 bits per heavy atom. The van der Waals surface area contributed by atoms with Gasteiger partial charge in [-0.2, -0.15) is 0 Å². The van der Waals surface area contributed by atoms with Crippen LogP contribution in [-0.4, -0.2) is 54.5 Å². The van der Waals surface area contributed by atoms with E-state index in [1.54, 1.807) is 0 Å². The van der Waals surface area contributed by atoms with Gasteiger partial charge in [0.15, 0.2) is 0 Å². The Hall–Kier alpha value is -0.810. The number of hydrogen-bond donors (Lipinski definition) is 2. The summed E-state index contributed by atoms with van der Waals surface area (Å²) in [4.78, 5) is 9.42. The van der Waals surface area contributed by atoms with Crippen LogP contribution < -0.4 is 11.3 Å². The van der Waals surface area contributed by atoms with Crippen molar-refractivity contribution in [1.29, 1.82) is 0 Å². The van der Waals surface area contributed by atoms with Gasteiger partial charge in [0.25, 0.3) is 0 Å². The second kappa shape index (κ2) is 6.95. The summed E-state index contributed by atoms with van der Waals surface area (Å²) in [5.41, 5.74) is 2.75. The van der Waals surface area contributed by atoms with Crippen molar-refractivity contribution in [1.82, 2.24) is 15.2 Å². The quantitative estimate of drug-likeness (QED) is 0.338. The zero-order chi connectivity index (χ0) is 12.8. The molecule has 1 saturated heterocycles. The maximum atomic E-state index is 5.57. The van der Waals surface area contributed by atoms with E-state index in [4.69, 9.17) is 5.84 Å². The molecule has 0 aromatic carbocycles. The Morgan fingerprint density at radius 2 is 1.89 bits per heavy atom. The summed E-state index contributed by atoms with van der Waals surface area (Å²) in [6.45, 7) is 7.37. The van der Waals surface area contributed by atoms with Crippen molar-refractivity contribution in [2.24, 2.45) is 10.8 Å². The molecule has 0 unspecified atom stereocenters. The Morgan fingerprint density at radius 1 is 1.22 bits per heavy atom. The molecule has 0 radical (unpaired) electrons. The van der Waals surface area contributed by atoms with Gasteiger partial charge in [-0.25, -0.2) is 5.84 Å². The van der Waals surface area contributed by atoms with Crippen molar-refractivity contribution in [2.45, 2.75) is 45.1 Å². The SMILES string of the molecule is CCCN=C(NN)N1CCN(C2CCCC2)CC1. The average Bonchev–Trinajstić information content (AvgIpc) is 2.94. The highest BCUT2D eigenvalue weighted by molar-refractivity contribution is 5.79. The first-order valence-electron chi connectivity index (χ1n) is 7.35. The number of nitrogens with one attached hydrogen (secondary N) is 1. The lowest BCUT2D eigenvalue weighted by molar-refractivity contribution is 0.132. The minimum absolute atomic E-state index is 0.842. The fourth-order valence-electron chi connectivity index (χ4n) is 3.02. The summed E-state index contributed by atoms with van der Waals surface area (Å²) in [6, 6.07) is 0.842. The van der Waals surface area contributed by atoms with Crippen molar-refractivity contribution in [3.8, 4) is 0 Å². The van der Waals surface area contributed by atoms with E-state index in [9.17, 15) is 0 Å². The van der Waals surface area contributed by atoms with Gasteiger partial charge in [-0.05, 0) is 19.3 Å². The van der Waals surface area contributed by atoms with E-state index in [0.29, 0.717) is 0 Å². The molecular formula is C13H27N5. The first-order chi connectivity index (χ1) is 8.85. The molecule has 18 heavy (non-hydrogen) atoms. The summed E-state index contributed by atoms with van der Waals surface area (Å²) in [5, 5.41) is 0. The number of nitrogens with two attached hydrogens (primary N) is 1. The van der Waals surface area contributed by atoms with Crippen LogP contribution in [0.25, 0.3) is 0 Å². The molecule has 5 heteroatoms. The highest BCUT2D eigenvalue weighted by Gasteiger charge is 2.26. The molecule has 2 fully saturated rings. The fourth-order valence-corrected chi connectivity index (χ4v) is 3.02. The van der Waals surface area contributed by atoms with Gasteiger partial charge < -0.3 is 4.90 Å². The number of piperazine rings is 1. The summed E-state index contributed by atoms with van der Waals surface area (Å²) < 4.78 is 0. The van der Waals surface area contributed by atoms with E-state index < -0.39 is 0 Å². The molecule has 3 N–H and O–H groups in total. The van der Waals surface area contributed by atoms with E-state index in [0.717, 1.165) is 51.1 Å². The number of nitrogens with zero attached hydrogens (tertiary/aromatic N) is 3. The highest BCUT2D eigenvalue weighted by atomic mass is 15.4. The average molecular weight is 253 g/mol. The van der Waals surface area contributed by atoms with Crippen molar-refractivity contribution >= 4 is 5.96 Å². The van der Waals surface area contributed by atoms with Gasteiger partial charge in [-0.3, -0.25) is 15.3 Å². The Balaban J connectivity index is 1.81. The maximum Gasteiger partial charge on any atom is 0.208 e. The summed E-state index contributed by atoms with van der Waals surface area (Å²) in [6.07, 6.45) is 6.68. The predicted octanol–water partition coefficient (Wildman–Crippen LogP) is 0.776. The topological polar surface area (TPSA) is 56.9 Å². The molecule has 1 heterocycles. The van der Waals surface area contributed by atoms with Crippen LogP contribution in [0.3, 0.4) is 0 Å². The van der Waals surface area contributed by atoms with Crippen LogP contribution in [0.15, 0.2) is 4.99 Å². The molecule has 1 aliphatic carbocycles. The third-order valence-electron chi connectivity index (χ3n) is 4.07. The fraction of sp³-hybridized carbons (Fsp3) is 0.923. The van der Waals surface area contributed by atoms with Gasteiger partial charge in [-0.15, -0.1) is 0 Å². The van der Waals surface area contributed by atoms with E-state index >= 15 is 0 Å². The number of guanidine groups is 1. The van der Waals surface area contributed by atoms with Crippen LogP contribution in [0.2, 0.25) is 0 Å². The van der Waals surface area contributed by atoms with Crippen LogP contribution in [0.4, 0.5) is 0 Å². The monoisotopic (exact) mass is 253 g/mol. The molecule has 1 aliphatic heterocycles. The molecule has 0 bridgehead atoms. The maximum absolute atomic E-state index is 5.57. The number of hydrogen-bond acceptors (Lipinski definition) is 3. The summed E-state index contributed by atoms with van der Waals surface area (Å²) >= 11 is 0.